The van der Waals surface area contributed by atoms with E-state index in [-0.39, 0.29) is 5.63 Å². The molecule has 0 unspecified atom stereocenters. The molecule has 1 heterocycles. The molecule has 74 valence electrons. The van der Waals surface area contributed by atoms with Crippen LogP contribution in [0.5, 0.6) is 0 Å². The highest BCUT2D eigenvalue weighted by molar-refractivity contribution is 5.32. The van der Waals surface area contributed by atoms with Crippen molar-refractivity contribution in [1.29, 1.82) is 0 Å². The second-order valence-corrected chi connectivity index (χ2v) is 3.18. The SMILES string of the molecule is CCCCC#Cc1cc(C)oc(=O)c1. The molecule has 2 nitrogen and oxygen atoms in total. The van der Waals surface area contributed by atoms with E-state index in [1.807, 2.05) is 0 Å². The molecule has 1 aromatic rings. The van der Waals surface area contributed by atoms with Gasteiger partial charge in [0.2, 0.25) is 0 Å². The number of unbranched alkanes of at least 4 members (excludes halogenated alkanes) is 2. The Morgan fingerprint density at radius 3 is 2.86 bits per heavy atom. The molecule has 0 N–H and O–H groups in total. The predicted octanol–water partition coefficient (Wildman–Crippen LogP) is 2.49. The van der Waals surface area contributed by atoms with Crippen LogP contribution >= 0.6 is 0 Å². The largest absolute Gasteiger partial charge is 0.428 e. The Balaban J connectivity index is 2.74. The van der Waals surface area contributed by atoms with Crippen molar-refractivity contribution < 1.29 is 4.42 Å². The molecule has 0 aliphatic carbocycles. The van der Waals surface area contributed by atoms with Gasteiger partial charge in [-0.25, -0.2) is 4.79 Å². The number of hydrogen-bond donors (Lipinski definition) is 0. The Kier molecular flexibility index (Phi) is 4.00. The van der Waals surface area contributed by atoms with Gasteiger partial charge in [0.25, 0.3) is 0 Å². The van der Waals surface area contributed by atoms with E-state index in [4.69, 9.17) is 4.42 Å². The van der Waals surface area contributed by atoms with E-state index in [0.29, 0.717) is 5.76 Å². The van der Waals surface area contributed by atoms with Gasteiger partial charge in [0, 0.05) is 18.1 Å². The molecule has 1 aromatic heterocycles. The zero-order valence-corrected chi connectivity index (χ0v) is 8.59. The smallest absolute Gasteiger partial charge is 0.337 e. The lowest BCUT2D eigenvalue weighted by Crippen LogP contribution is -1.98. The van der Waals surface area contributed by atoms with E-state index in [9.17, 15) is 4.79 Å². The monoisotopic (exact) mass is 190 g/mol. The molecule has 0 radical (unpaired) electrons. The Hall–Kier alpha value is -1.49. The van der Waals surface area contributed by atoms with Crippen molar-refractivity contribution in [2.75, 3.05) is 0 Å². The van der Waals surface area contributed by atoms with Crippen molar-refractivity contribution in [2.24, 2.45) is 0 Å². The lowest BCUT2D eigenvalue weighted by atomic mass is 10.2. The van der Waals surface area contributed by atoms with Crippen LogP contribution in [0.25, 0.3) is 0 Å². The molecular formula is C12H14O2. The van der Waals surface area contributed by atoms with Gasteiger partial charge in [-0.05, 0) is 19.4 Å². The highest BCUT2D eigenvalue weighted by atomic mass is 16.4. The van der Waals surface area contributed by atoms with E-state index in [1.165, 1.54) is 6.07 Å². The fraction of sp³-hybridized carbons (Fsp3) is 0.417. The summed E-state index contributed by atoms with van der Waals surface area (Å²) < 4.78 is 4.82. The molecule has 0 atom stereocenters. The van der Waals surface area contributed by atoms with E-state index >= 15 is 0 Å². The van der Waals surface area contributed by atoms with Crippen molar-refractivity contribution >= 4 is 0 Å². The van der Waals surface area contributed by atoms with E-state index in [1.54, 1.807) is 13.0 Å². The molecule has 0 aromatic carbocycles. The van der Waals surface area contributed by atoms with E-state index in [2.05, 4.69) is 18.8 Å². The van der Waals surface area contributed by atoms with Crippen LogP contribution in [-0.4, -0.2) is 0 Å². The first kappa shape index (κ1) is 10.6. The molecule has 2 heteroatoms. The predicted molar refractivity (Wildman–Crippen MR) is 56.1 cm³/mol. The van der Waals surface area contributed by atoms with Gasteiger partial charge in [-0.1, -0.05) is 25.2 Å². The Morgan fingerprint density at radius 1 is 1.43 bits per heavy atom. The average molecular weight is 190 g/mol. The lowest BCUT2D eigenvalue weighted by molar-refractivity contribution is 0.479. The minimum absolute atomic E-state index is 0.329. The fourth-order valence-corrected chi connectivity index (χ4v) is 1.11. The summed E-state index contributed by atoms with van der Waals surface area (Å²) in [4.78, 5) is 11.0. The van der Waals surface area contributed by atoms with E-state index in [0.717, 1.165) is 24.8 Å². The first-order chi connectivity index (χ1) is 6.72. The number of aryl methyl sites for hydroxylation is 1. The van der Waals surface area contributed by atoms with Crippen LogP contribution in [0.15, 0.2) is 21.3 Å². The van der Waals surface area contributed by atoms with Crippen LogP contribution in [0.1, 0.15) is 37.5 Å². The van der Waals surface area contributed by atoms with Crippen molar-refractivity contribution in [1.82, 2.24) is 0 Å². The normalized spacial score (nSPS) is 9.29. The molecule has 0 fully saturated rings. The maximum absolute atomic E-state index is 11.0. The molecule has 0 spiro atoms. The molecule has 14 heavy (non-hydrogen) atoms. The molecule has 0 bridgehead atoms. The maximum atomic E-state index is 11.0. The topological polar surface area (TPSA) is 30.2 Å². The zero-order valence-electron chi connectivity index (χ0n) is 8.59. The Bertz CT molecular complexity index is 404. The summed E-state index contributed by atoms with van der Waals surface area (Å²) in [6.07, 6.45) is 3.13. The second-order valence-electron chi connectivity index (χ2n) is 3.18. The molecule has 0 amide bonds. The second kappa shape index (κ2) is 5.29. The van der Waals surface area contributed by atoms with Crippen LogP contribution in [0.3, 0.4) is 0 Å². The van der Waals surface area contributed by atoms with Gasteiger partial charge in [0.05, 0.1) is 0 Å². The van der Waals surface area contributed by atoms with Crippen LogP contribution in [0, 0.1) is 18.8 Å². The highest BCUT2D eigenvalue weighted by Gasteiger charge is 1.93. The zero-order chi connectivity index (χ0) is 10.4. The summed E-state index contributed by atoms with van der Waals surface area (Å²) in [6.45, 7) is 3.88. The molecular weight excluding hydrogens is 176 g/mol. The lowest BCUT2D eigenvalue weighted by Gasteiger charge is -1.91. The van der Waals surface area contributed by atoms with Gasteiger partial charge in [0.1, 0.15) is 5.76 Å². The summed E-state index contributed by atoms with van der Waals surface area (Å²) in [5.74, 6) is 6.59. The first-order valence-electron chi connectivity index (χ1n) is 4.83. The molecule has 0 saturated carbocycles. The van der Waals surface area contributed by atoms with Gasteiger partial charge in [-0.2, -0.15) is 0 Å². The van der Waals surface area contributed by atoms with Crippen LogP contribution < -0.4 is 5.63 Å². The summed E-state index contributed by atoms with van der Waals surface area (Å²) in [7, 11) is 0. The maximum Gasteiger partial charge on any atom is 0.337 e. The molecule has 0 saturated heterocycles. The summed E-state index contributed by atoms with van der Waals surface area (Å²) in [6, 6.07) is 3.20. The Morgan fingerprint density at radius 2 is 2.21 bits per heavy atom. The third kappa shape index (κ3) is 3.49. The van der Waals surface area contributed by atoms with Crippen molar-refractivity contribution in [3.05, 3.63) is 33.9 Å². The quantitative estimate of drug-likeness (QED) is 0.529. The van der Waals surface area contributed by atoms with Gasteiger partial charge < -0.3 is 4.42 Å². The molecule has 1 rings (SSSR count). The fourth-order valence-electron chi connectivity index (χ4n) is 1.11. The molecule has 0 aliphatic rings. The van der Waals surface area contributed by atoms with Crippen LogP contribution in [0.4, 0.5) is 0 Å². The van der Waals surface area contributed by atoms with Crippen LogP contribution in [-0.2, 0) is 0 Å². The third-order valence-electron chi connectivity index (χ3n) is 1.78. The third-order valence-corrected chi connectivity index (χ3v) is 1.78. The summed E-state index contributed by atoms with van der Waals surface area (Å²) in [5, 5.41) is 0. The average Bonchev–Trinajstić information content (AvgIpc) is 2.11. The summed E-state index contributed by atoms with van der Waals surface area (Å²) >= 11 is 0. The van der Waals surface area contributed by atoms with Gasteiger partial charge in [-0.15, -0.1) is 0 Å². The van der Waals surface area contributed by atoms with Crippen molar-refractivity contribution in [2.45, 2.75) is 33.1 Å². The Labute approximate surface area is 84.0 Å². The minimum Gasteiger partial charge on any atom is -0.428 e. The van der Waals surface area contributed by atoms with Gasteiger partial charge in [0.15, 0.2) is 0 Å². The minimum atomic E-state index is -0.329. The first-order valence-corrected chi connectivity index (χ1v) is 4.83. The van der Waals surface area contributed by atoms with Crippen molar-refractivity contribution in [3.63, 3.8) is 0 Å². The van der Waals surface area contributed by atoms with Crippen molar-refractivity contribution in [3.8, 4) is 11.8 Å². The highest BCUT2D eigenvalue weighted by Crippen LogP contribution is 1.98. The summed E-state index contributed by atoms with van der Waals surface area (Å²) in [5.41, 5.74) is 0.416. The molecule has 0 aliphatic heterocycles. The number of hydrogen-bond acceptors (Lipinski definition) is 2. The van der Waals surface area contributed by atoms with Crippen LogP contribution in [0.2, 0.25) is 0 Å². The van der Waals surface area contributed by atoms with Gasteiger partial charge >= 0.3 is 5.63 Å². The number of rotatable bonds is 2. The van der Waals surface area contributed by atoms with E-state index < -0.39 is 0 Å². The standard InChI is InChI=1S/C12H14O2/c1-3-4-5-6-7-11-8-10(2)14-12(13)9-11/h8-9H,3-5H2,1-2H3. The van der Waals surface area contributed by atoms with Gasteiger partial charge in [-0.3, -0.25) is 0 Å².